The smallest absolute Gasteiger partial charge is 0.123 e. The summed E-state index contributed by atoms with van der Waals surface area (Å²) < 4.78 is 7.41. The van der Waals surface area contributed by atoms with Gasteiger partial charge in [0.1, 0.15) is 5.75 Å². The molecule has 0 aliphatic carbocycles. The highest BCUT2D eigenvalue weighted by Gasteiger charge is 2.06. The maximum absolute atomic E-state index is 6.05. The molecule has 114 valence electrons. The number of ether oxygens (including phenoxy) is 1. The van der Waals surface area contributed by atoms with E-state index < -0.39 is 0 Å². The van der Waals surface area contributed by atoms with E-state index in [0.29, 0.717) is 17.5 Å². The van der Waals surface area contributed by atoms with Crippen molar-refractivity contribution < 1.29 is 4.74 Å². The first-order chi connectivity index (χ1) is 10.1. The van der Waals surface area contributed by atoms with Crippen molar-refractivity contribution >= 4 is 11.6 Å². The zero-order chi connectivity index (χ0) is 15.2. The Labute approximate surface area is 131 Å². The first kappa shape index (κ1) is 15.9. The second-order valence-corrected chi connectivity index (χ2v) is 5.95. The van der Waals surface area contributed by atoms with Crippen LogP contribution in [0.1, 0.15) is 25.1 Å². The lowest BCUT2D eigenvalue weighted by Gasteiger charge is -2.09. The summed E-state index contributed by atoms with van der Waals surface area (Å²) in [6.07, 6.45) is 3.89. The Morgan fingerprint density at radius 3 is 2.90 bits per heavy atom. The molecule has 0 fully saturated rings. The van der Waals surface area contributed by atoms with Crippen LogP contribution in [-0.4, -0.2) is 23.2 Å². The molecule has 1 aromatic heterocycles. The number of nitrogens with zero attached hydrogens (tertiary/aromatic N) is 2. The topological polar surface area (TPSA) is 39.1 Å². The standard InChI is InChI=1S/C16H22ClN3O/c1-12(2)7-18-8-15-10-20(11-19-15)9-13-6-14(17)4-5-16(13)21-3/h4-6,10-12,18H,7-9H2,1-3H3. The number of hydrogen-bond acceptors (Lipinski definition) is 3. The summed E-state index contributed by atoms with van der Waals surface area (Å²) in [5.74, 6) is 1.48. The van der Waals surface area contributed by atoms with Crippen LogP contribution in [0.25, 0.3) is 0 Å². The number of aromatic nitrogens is 2. The highest BCUT2D eigenvalue weighted by atomic mass is 35.5. The molecule has 0 saturated carbocycles. The van der Waals surface area contributed by atoms with Crippen LogP contribution < -0.4 is 10.1 Å². The molecule has 0 bridgehead atoms. The third kappa shape index (κ3) is 4.76. The molecule has 1 aromatic carbocycles. The molecule has 1 N–H and O–H groups in total. The van der Waals surface area contributed by atoms with Gasteiger partial charge in [-0.05, 0) is 30.7 Å². The molecule has 0 spiro atoms. The van der Waals surface area contributed by atoms with Gasteiger partial charge in [0.25, 0.3) is 0 Å². The molecule has 2 rings (SSSR count). The van der Waals surface area contributed by atoms with E-state index in [1.807, 2.05) is 35.3 Å². The Bertz CT molecular complexity index is 581. The molecule has 1 heterocycles. The predicted octanol–water partition coefficient (Wildman–Crippen LogP) is 3.34. The first-order valence-electron chi connectivity index (χ1n) is 7.12. The van der Waals surface area contributed by atoms with Crippen LogP contribution in [0.2, 0.25) is 5.02 Å². The van der Waals surface area contributed by atoms with Crippen LogP contribution in [0.5, 0.6) is 5.75 Å². The van der Waals surface area contributed by atoms with Crippen molar-refractivity contribution in [3.05, 3.63) is 47.0 Å². The maximum atomic E-state index is 6.05. The minimum atomic E-state index is 0.641. The van der Waals surface area contributed by atoms with E-state index in [-0.39, 0.29) is 0 Å². The van der Waals surface area contributed by atoms with Crippen molar-refractivity contribution in [2.24, 2.45) is 5.92 Å². The van der Waals surface area contributed by atoms with Crippen LogP contribution in [0.4, 0.5) is 0 Å². The Hall–Kier alpha value is -1.52. The minimum absolute atomic E-state index is 0.641. The van der Waals surface area contributed by atoms with Crippen molar-refractivity contribution in [1.29, 1.82) is 0 Å². The Kier molecular flexibility index (Phi) is 5.65. The molecule has 0 aliphatic heterocycles. The Balaban J connectivity index is 2.00. The molecule has 0 amide bonds. The van der Waals surface area contributed by atoms with Gasteiger partial charge in [-0.25, -0.2) is 4.98 Å². The van der Waals surface area contributed by atoms with E-state index >= 15 is 0 Å². The second kappa shape index (κ2) is 7.48. The van der Waals surface area contributed by atoms with E-state index in [9.17, 15) is 0 Å². The molecule has 0 atom stereocenters. The molecule has 0 unspecified atom stereocenters. The summed E-state index contributed by atoms with van der Waals surface area (Å²) in [4.78, 5) is 4.41. The molecule has 21 heavy (non-hydrogen) atoms. The van der Waals surface area contributed by atoms with E-state index in [2.05, 4.69) is 24.1 Å². The van der Waals surface area contributed by atoms with E-state index in [0.717, 1.165) is 30.1 Å². The fourth-order valence-electron chi connectivity index (χ4n) is 2.14. The number of halogens is 1. The first-order valence-corrected chi connectivity index (χ1v) is 7.50. The number of nitrogens with one attached hydrogen (secondary N) is 1. The normalized spacial score (nSPS) is 11.1. The van der Waals surface area contributed by atoms with Crippen molar-refractivity contribution in [3.8, 4) is 5.75 Å². The summed E-state index contributed by atoms with van der Waals surface area (Å²) in [7, 11) is 1.67. The molecule has 0 saturated heterocycles. The molecule has 5 heteroatoms. The maximum Gasteiger partial charge on any atom is 0.123 e. The van der Waals surface area contributed by atoms with E-state index in [4.69, 9.17) is 16.3 Å². The van der Waals surface area contributed by atoms with Gasteiger partial charge in [-0.3, -0.25) is 0 Å². The molecular weight excluding hydrogens is 286 g/mol. The zero-order valence-corrected chi connectivity index (χ0v) is 13.5. The average Bonchev–Trinajstić information content (AvgIpc) is 2.86. The van der Waals surface area contributed by atoms with Crippen LogP contribution in [0, 0.1) is 5.92 Å². The van der Waals surface area contributed by atoms with Gasteiger partial charge in [-0.2, -0.15) is 0 Å². The summed E-state index contributed by atoms with van der Waals surface area (Å²) in [6.45, 7) is 6.86. The zero-order valence-electron chi connectivity index (χ0n) is 12.8. The van der Waals surface area contributed by atoms with E-state index in [1.165, 1.54) is 0 Å². The van der Waals surface area contributed by atoms with Gasteiger partial charge < -0.3 is 14.6 Å². The van der Waals surface area contributed by atoms with Crippen molar-refractivity contribution in [2.45, 2.75) is 26.9 Å². The summed E-state index contributed by atoms with van der Waals surface area (Å²) >= 11 is 6.05. The molecule has 0 radical (unpaired) electrons. The number of hydrogen-bond donors (Lipinski definition) is 1. The van der Waals surface area contributed by atoms with Crippen molar-refractivity contribution in [1.82, 2.24) is 14.9 Å². The lowest BCUT2D eigenvalue weighted by molar-refractivity contribution is 0.408. The fourth-order valence-corrected chi connectivity index (χ4v) is 2.34. The van der Waals surface area contributed by atoms with Gasteiger partial charge in [0.2, 0.25) is 0 Å². The van der Waals surface area contributed by atoms with E-state index in [1.54, 1.807) is 7.11 Å². The van der Waals surface area contributed by atoms with Gasteiger partial charge in [-0.1, -0.05) is 25.4 Å². The highest BCUT2D eigenvalue weighted by Crippen LogP contribution is 2.23. The quantitative estimate of drug-likeness (QED) is 0.852. The largest absolute Gasteiger partial charge is 0.496 e. The van der Waals surface area contributed by atoms with Gasteiger partial charge in [-0.15, -0.1) is 0 Å². The predicted molar refractivity (Wildman–Crippen MR) is 85.9 cm³/mol. The van der Waals surface area contributed by atoms with Gasteiger partial charge >= 0.3 is 0 Å². The van der Waals surface area contributed by atoms with Crippen LogP contribution in [-0.2, 0) is 13.1 Å². The minimum Gasteiger partial charge on any atom is -0.496 e. The molecular formula is C16H22ClN3O. The average molecular weight is 308 g/mol. The number of benzene rings is 1. The highest BCUT2D eigenvalue weighted by molar-refractivity contribution is 6.30. The third-order valence-electron chi connectivity index (χ3n) is 3.14. The van der Waals surface area contributed by atoms with Crippen LogP contribution >= 0.6 is 11.6 Å². The molecule has 2 aromatic rings. The number of methoxy groups -OCH3 is 1. The molecule has 4 nitrogen and oxygen atoms in total. The van der Waals surface area contributed by atoms with Crippen LogP contribution in [0.15, 0.2) is 30.7 Å². The SMILES string of the molecule is COc1ccc(Cl)cc1Cn1cnc(CNCC(C)C)c1. The van der Waals surface area contributed by atoms with Crippen molar-refractivity contribution in [3.63, 3.8) is 0 Å². The van der Waals surface area contributed by atoms with Crippen LogP contribution in [0.3, 0.4) is 0 Å². The summed E-state index contributed by atoms with van der Waals surface area (Å²) in [5, 5.41) is 4.10. The third-order valence-corrected chi connectivity index (χ3v) is 3.38. The van der Waals surface area contributed by atoms with Gasteiger partial charge in [0.15, 0.2) is 0 Å². The number of imidazole rings is 1. The number of rotatable bonds is 7. The van der Waals surface area contributed by atoms with Gasteiger partial charge in [0, 0.05) is 23.3 Å². The second-order valence-electron chi connectivity index (χ2n) is 5.52. The molecule has 0 aliphatic rings. The summed E-state index contributed by atoms with van der Waals surface area (Å²) in [5.41, 5.74) is 2.08. The Morgan fingerprint density at radius 1 is 1.38 bits per heavy atom. The fraction of sp³-hybridized carbons (Fsp3) is 0.438. The van der Waals surface area contributed by atoms with Gasteiger partial charge in [0.05, 0.1) is 25.7 Å². The van der Waals surface area contributed by atoms with Crippen molar-refractivity contribution in [2.75, 3.05) is 13.7 Å². The monoisotopic (exact) mass is 307 g/mol. The lowest BCUT2D eigenvalue weighted by Crippen LogP contribution is -2.19. The Morgan fingerprint density at radius 2 is 2.19 bits per heavy atom. The lowest BCUT2D eigenvalue weighted by atomic mass is 10.2. The summed E-state index contributed by atoms with van der Waals surface area (Å²) in [6, 6.07) is 5.65.